The van der Waals surface area contributed by atoms with Crippen molar-refractivity contribution in [2.45, 2.75) is 38.6 Å². The molecule has 4 rings (SSSR count). The molecule has 2 aliphatic carbocycles. The highest BCUT2D eigenvalue weighted by molar-refractivity contribution is 5.94. The van der Waals surface area contributed by atoms with Crippen molar-refractivity contribution in [3.05, 3.63) is 70.7 Å². The molecule has 28 heavy (non-hydrogen) atoms. The van der Waals surface area contributed by atoms with E-state index >= 15 is 0 Å². The molecule has 4 N–H and O–H groups in total. The fourth-order valence-corrected chi connectivity index (χ4v) is 3.81. The van der Waals surface area contributed by atoms with Gasteiger partial charge in [0.25, 0.3) is 5.91 Å². The van der Waals surface area contributed by atoms with Crippen LogP contribution in [0.15, 0.2) is 53.6 Å². The van der Waals surface area contributed by atoms with E-state index in [-0.39, 0.29) is 17.6 Å². The molecule has 2 aliphatic rings. The molecule has 0 saturated carbocycles. The molecule has 5 nitrogen and oxygen atoms in total. The lowest BCUT2D eigenvalue weighted by molar-refractivity contribution is 0.0933. The van der Waals surface area contributed by atoms with Crippen LogP contribution in [0.5, 0.6) is 0 Å². The Labute approximate surface area is 163 Å². The van der Waals surface area contributed by atoms with Gasteiger partial charge in [-0.1, -0.05) is 23.8 Å². The van der Waals surface area contributed by atoms with Crippen LogP contribution in [-0.2, 0) is 0 Å². The van der Waals surface area contributed by atoms with Gasteiger partial charge in [-0.3, -0.25) is 4.79 Å². The highest BCUT2D eigenvalue weighted by atomic mass is 19.1. The summed E-state index contributed by atoms with van der Waals surface area (Å²) in [6, 6.07) is 7.96. The van der Waals surface area contributed by atoms with Gasteiger partial charge < -0.3 is 16.4 Å². The third-order valence-corrected chi connectivity index (χ3v) is 5.15. The molecule has 0 saturated heterocycles. The Hall–Kier alpha value is -3.15. The zero-order chi connectivity index (χ0) is 19.7. The lowest BCUT2D eigenvalue weighted by Gasteiger charge is -2.14. The van der Waals surface area contributed by atoms with Gasteiger partial charge in [0.1, 0.15) is 17.3 Å². The summed E-state index contributed by atoms with van der Waals surface area (Å²) in [6.07, 6.45) is 8.23. The van der Waals surface area contributed by atoms with Gasteiger partial charge in [-0.15, -0.1) is 0 Å². The van der Waals surface area contributed by atoms with Gasteiger partial charge >= 0.3 is 0 Å². The van der Waals surface area contributed by atoms with Crippen LogP contribution < -0.4 is 16.4 Å². The number of rotatable bonds is 4. The zero-order valence-corrected chi connectivity index (χ0v) is 15.8. The van der Waals surface area contributed by atoms with Gasteiger partial charge in [-0.2, -0.15) is 0 Å². The van der Waals surface area contributed by atoms with E-state index in [0.717, 1.165) is 31.2 Å². The Balaban J connectivity index is 1.48. The Morgan fingerprint density at radius 1 is 1.25 bits per heavy atom. The average Bonchev–Trinajstić information content (AvgIpc) is 3.06. The SMILES string of the molecule is Cc1ccc(F)c(Nc2cc(N)cc(C(=O)NC3CC4=C(CCC=C4)C3)n2)c1. The fourth-order valence-electron chi connectivity index (χ4n) is 3.81. The van der Waals surface area contributed by atoms with E-state index < -0.39 is 5.82 Å². The van der Waals surface area contributed by atoms with Crippen LogP contribution >= 0.6 is 0 Å². The lowest BCUT2D eigenvalue weighted by atomic mass is 10.0. The summed E-state index contributed by atoms with van der Waals surface area (Å²) in [4.78, 5) is 17.1. The first-order valence-corrected chi connectivity index (χ1v) is 9.47. The molecule has 1 aromatic carbocycles. The van der Waals surface area contributed by atoms with Gasteiger partial charge in [0.05, 0.1) is 5.69 Å². The predicted octanol–water partition coefficient (Wildman–Crippen LogP) is 4.39. The second kappa shape index (κ2) is 7.46. The zero-order valence-electron chi connectivity index (χ0n) is 15.8. The molecule has 0 bridgehead atoms. The normalized spacial score (nSPS) is 18.1. The van der Waals surface area contributed by atoms with E-state index in [9.17, 15) is 9.18 Å². The molecule has 1 heterocycles. The molecule has 0 radical (unpaired) electrons. The number of halogens is 1. The van der Waals surface area contributed by atoms with E-state index in [4.69, 9.17) is 5.73 Å². The standard InChI is InChI=1S/C22H23FN4O/c1-13-6-7-18(23)19(8-13)26-21-12-16(24)11-20(27-21)22(28)25-17-9-14-4-2-3-5-15(14)10-17/h2,4,6-8,11-12,17H,3,5,9-10H2,1H3,(H,25,28)(H3,24,26,27). The Morgan fingerprint density at radius 3 is 2.93 bits per heavy atom. The van der Waals surface area contributed by atoms with E-state index in [1.165, 1.54) is 23.3 Å². The highest BCUT2D eigenvalue weighted by Gasteiger charge is 2.26. The predicted molar refractivity (Wildman–Crippen MR) is 109 cm³/mol. The van der Waals surface area contributed by atoms with Gasteiger partial charge in [0.15, 0.2) is 0 Å². The summed E-state index contributed by atoms with van der Waals surface area (Å²) >= 11 is 0. The molecule has 2 aromatic rings. The number of carbonyl (C=O) groups excluding carboxylic acids is 1. The van der Waals surface area contributed by atoms with Crippen molar-refractivity contribution in [3.8, 4) is 0 Å². The number of allylic oxidation sites excluding steroid dienone is 2. The largest absolute Gasteiger partial charge is 0.399 e. The minimum absolute atomic E-state index is 0.0779. The number of nitrogen functional groups attached to an aromatic ring is 1. The minimum Gasteiger partial charge on any atom is -0.399 e. The topological polar surface area (TPSA) is 80.0 Å². The highest BCUT2D eigenvalue weighted by Crippen LogP contribution is 2.33. The van der Waals surface area contributed by atoms with Crippen LogP contribution in [-0.4, -0.2) is 16.9 Å². The van der Waals surface area contributed by atoms with Gasteiger partial charge in [0.2, 0.25) is 0 Å². The summed E-state index contributed by atoms with van der Waals surface area (Å²) < 4.78 is 14.0. The second-order valence-corrected chi connectivity index (χ2v) is 7.43. The third-order valence-electron chi connectivity index (χ3n) is 5.15. The number of nitrogens with one attached hydrogen (secondary N) is 2. The van der Waals surface area contributed by atoms with Crippen LogP contribution in [0, 0.1) is 12.7 Å². The summed E-state index contributed by atoms with van der Waals surface area (Å²) in [7, 11) is 0. The summed E-state index contributed by atoms with van der Waals surface area (Å²) in [5.74, 6) is -0.327. The number of nitrogens with zero attached hydrogens (tertiary/aromatic N) is 1. The quantitative estimate of drug-likeness (QED) is 0.737. The van der Waals surface area contributed by atoms with E-state index in [1.807, 2.05) is 6.92 Å². The fraction of sp³-hybridized carbons (Fsp3) is 0.273. The number of hydrogen-bond donors (Lipinski definition) is 3. The van der Waals surface area contributed by atoms with Crippen molar-refractivity contribution >= 4 is 23.1 Å². The lowest BCUT2D eigenvalue weighted by Crippen LogP contribution is -2.34. The molecule has 144 valence electrons. The van der Waals surface area contributed by atoms with Crippen LogP contribution in [0.3, 0.4) is 0 Å². The van der Waals surface area contributed by atoms with Crippen molar-refractivity contribution in [2.75, 3.05) is 11.1 Å². The van der Waals surface area contributed by atoms with Crippen LogP contribution in [0.4, 0.5) is 21.6 Å². The summed E-state index contributed by atoms with van der Waals surface area (Å²) in [6.45, 7) is 1.88. The van der Waals surface area contributed by atoms with Crippen molar-refractivity contribution in [1.29, 1.82) is 0 Å². The summed E-state index contributed by atoms with van der Waals surface area (Å²) in [5, 5.41) is 5.98. The molecule has 1 atom stereocenters. The maximum absolute atomic E-state index is 14.0. The number of pyridine rings is 1. The number of aryl methyl sites for hydroxylation is 1. The Kier molecular flexibility index (Phi) is 4.86. The van der Waals surface area contributed by atoms with Crippen molar-refractivity contribution in [2.24, 2.45) is 0 Å². The number of benzene rings is 1. The first-order valence-electron chi connectivity index (χ1n) is 9.47. The van der Waals surface area contributed by atoms with E-state index in [2.05, 4.69) is 27.8 Å². The monoisotopic (exact) mass is 378 g/mol. The van der Waals surface area contributed by atoms with E-state index in [1.54, 1.807) is 18.2 Å². The van der Waals surface area contributed by atoms with Crippen LogP contribution in [0.25, 0.3) is 0 Å². The molecular formula is C22H23FN4O. The number of hydrogen-bond acceptors (Lipinski definition) is 4. The number of amides is 1. The van der Waals surface area contributed by atoms with Crippen LogP contribution in [0.2, 0.25) is 0 Å². The number of nitrogens with two attached hydrogens (primary N) is 1. The first-order chi connectivity index (χ1) is 13.5. The molecule has 1 aromatic heterocycles. The van der Waals surface area contributed by atoms with Crippen molar-refractivity contribution in [3.63, 3.8) is 0 Å². The Morgan fingerprint density at radius 2 is 2.11 bits per heavy atom. The van der Waals surface area contributed by atoms with Gasteiger partial charge in [-0.05, 0) is 61.9 Å². The molecule has 0 fully saturated rings. The number of anilines is 3. The molecule has 0 aliphatic heterocycles. The number of aromatic nitrogens is 1. The third kappa shape index (κ3) is 3.91. The maximum Gasteiger partial charge on any atom is 0.270 e. The van der Waals surface area contributed by atoms with E-state index in [0.29, 0.717) is 17.2 Å². The first kappa shape index (κ1) is 18.2. The van der Waals surface area contributed by atoms with Gasteiger partial charge in [0, 0.05) is 17.8 Å². The minimum atomic E-state index is -0.392. The molecule has 0 spiro atoms. The molecule has 1 amide bonds. The smallest absolute Gasteiger partial charge is 0.270 e. The van der Waals surface area contributed by atoms with Crippen molar-refractivity contribution in [1.82, 2.24) is 10.3 Å². The molecular weight excluding hydrogens is 355 g/mol. The average molecular weight is 378 g/mol. The maximum atomic E-state index is 14.0. The molecule has 6 heteroatoms. The Bertz CT molecular complexity index is 996. The number of carbonyl (C=O) groups is 1. The van der Waals surface area contributed by atoms with Gasteiger partial charge in [-0.25, -0.2) is 9.37 Å². The van der Waals surface area contributed by atoms with Crippen molar-refractivity contribution < 1.29 is 9.18 Å². The second-order valence-electron chi connectivity index (χ2n) is 7.43. The summed E-state index contributed by atoms with van der Waals surface area (Å²) in [5.41, 5.74) is 10.5. The molecule has 1 unspecified atom stereocenters. The van der Waals surface area contributed by atoms with Crippen LogP contribution in [0.1, 0.15) is 41.7 Å².